The number of nitrogens with zero attached hydrogens (tertiary/aromatic N) is 3. The number of carbonyl (C=O) groups excluding carboxylic acids is 1. The van der Waals surface area contributed by atoms with Crippen LogP contribution < -0.4 is 4.74 Å². The van der Waals surface area contributed by atoms with E-state index in [0.29, 0.717) is 18.8 Å². The van der Waals surface area contributed by atoms with Gasteiger partial charge in [0.25, 0.3) is 11.8 Å². The maximum absolute atomic E-state index is 13.9. The highest BCUT2D eigenvalue weighted by atomic mass is 19.1. The molecule has 0 bridgehead atoms. The lowest BCUT2D eigenvalue weighted by Crippen LogP contribution is -2.44. The number of hydrogen-bond donors (Lipinski definition) is 0. The summed E-state index contributed by atoms with van der Waals surface area (Å²) in [4.78, 5) is 18.7. The Morgan fingerprint density at radius 2 is 2.28 bits per heavy atom. The van der Waals surface area contributed by atoms with E-state index in [1.54, 1.807) is 15.5 Å². The van der Waals surface area contributed by atoms with Crippen molar-refractivity contribution in [3.63, 3.8) is 0 Å². The second kappa shape index (κ2) is 6.48. The molecule has 0 unspecified atom stereocenters. The Morgan fingerprint density at radius 3 is 3.04 bits per heavy atom. The average Bonchev–Trinajstić information content (AvgIpc) is 3.21. The molecule has 0 N–H and O–H groups in total. The van der Waals surface area contributed by atoms with Crippen molar-refractivity contribution in [1.82, 2.24) is 14.5 Å². The molecule has 0 aliphatic carbocycles. The number of aryl methyl sites for hydroxylation is 1. The summed E-state index contributed by atoms with van der Waals surface area (Å²) in [7, 11) is 1.84. The summed E-state index contributed by atoms with van der Waals surface area (Å²) in [5, 5.41) is 0. The van der Waals surface area contributed by atoms with Gasteiger partial charge in [-0.3, -0.25) is 4.79 Å². The van der Waals surface area contributed by atoms with Crippen LogP contribution in [0.5, 0.6) is 5.88 Å². The zero-order valence-electron chi connectivity index (χ0n) is 14.0. The van der Waals surface area contributed by atoms with Crippen LogP contribution in [-0.2, 0) is 11.8 Å². The molecular weight excluding hydrogens is 325 g/mol. The van der Waals surface area contributed by atoms with E-state index in [1.165, 1.54) is 18.3 Å². The first-order chi connectivity index (χ1) is 12.1. The number of hydrogen-bond acceptors (Lipinski definition) is 4. The van der Waals surface area contributed by atoms with Gasteiger partial charge in [0, 0.05) is 26.0 Å². The van der Waals surface area contributed by atoms with Gasteiger partial charge < -0.3 is 18.9 Å². The van der Waals surface area contributed by atoms with Crippen LogP contribution in [-0.4, -0.2) is 51.8 Å². The molecule has 4 rings (SSSR count). The van der Waals surface area contributed by atoms with Crippen molar-refractivity contribution in [3.05, 3.63) is 48.2 Å². The van der Waals surface area contributed by atoms with Crippen molar-refractivity contribution in [2.75, 3.05) is 13.2 Å². The third-order valence-corrected chi connectivity index (χ3v) is 4.89. The molecule has 0 spiro atoms. The number of likely N-dealkylation sites (tertiary alicyclic amines) is 1. The van der Waals surface area contributed by atoms with Crippen molar-refractivity contribution in [3.8, 4) is 5.88 Å². The summed E-state index contributed by atoms with van der Waals surface area (Å²) in [6.45, 7) is 0.979. The SMILES string of the molecule is Cn1cccc1C(=O)N1C[C@H](Oc2ncccc2F)[C@H]2OCCC[C@H]21. The molecule has 4 heterocycles. The molecule has 0 aromatic carbocycles. The summed E-state index contributed by atoms with van der Waals surface area (Å²) in [5.74, 6) is -0.615. The van der Waals surface area contributed by atoms with E-state index in [4.69, 9.17) is 9.47 Å². The van der Waals surface area contributed by atoms with Crippen molar-refractivity contribution in [2.24, 2.45) is 7.05 Å². The van der Waals surface area contributed by atoms with Gasteiger partial charge in [0.2, 0.25) is 0 Å². The van der Waals surface area contributed by atoms with Crippen molar-refractivity contribution < 1.29 is 18.7 Å². The minimum atomic E-state index is -0.512. The Kier molecular flexibility index (Phi) is 4.17. The van der Waals surface area contributed by atoms with Crippen LogP contribution in [0.1, 0.15) is 23.3 Å². The fourth-order valence-corrected chi connectivity index (χ4v) is 3.68. The number of pyridine rings is 1. The van der Waals surface area contributed by atoms with Crippen molar-refractivity contribution in [2.45, 2.75) is 31.1 Å². The zero-order valence-corrected chi connectivity index (χ0v) is 14.0. The maximum atomic E-state index is 13.9. The van der Waals surface area contributed by atoms with E-state index in [9.17, 15) is 9.18 Å². The number of halogens is 1. The molecule has 2 aromatic rings. The third kappa shape index (κ3) is 2.89. The fourth-order valence-electron chi connectivity index (χ4n) is 3.68. The lowest BCUT2D eigenvalue weighted by Gasteiger charge is -2.32. The smallest absolute Gasteiger partial charge is 0.270 e. The van der Waals surface area contributed by atoms with Crippen LogP contribution in [0, 0.1) is 5.82 Å². The Labute approximate surface area is 145 Å². The van der Waals surface area contributed by atoms with Crippen molar-refractivity contribution in [1.29, 1.82) is 0 Å². The highest BCUT2D eigenvalue weighted by Gasteiger charge is 2.48. The number of fused-ring (bicyclic) bond motifs is 1. The molecule has 2 aromatic heterocycles. The molecule has 1 amide bonds. The lowest BCUT2D eigenvalue weighted by molar-refractivity contribution is -0.0463. The second-order valence-electron chi connectivity index (χ2n) is 6.45. The molecule has 0 saturated carbocycles. The van der Waals surface area contributed by atoms with Gasteiger partial charge in [-0.05, 0) is 37.1 Å². The average molecular weight is 345 g/mol. The number of amides is 1. The molecule has 25 heavy (non-hydrogen) atoms. The summed E-state index contributed by atoms with van der Waals surface area (Å²) >= 11 is 0. The number of rotatable bonds is 3. The van der Waals surface area contributed by atoms with Gasteiger partial charge in [-0.2, -0.15) is 0 Å². The molecule has 3 atom stereocenters. The van der Waals surface area contributed by atoms with E-state index in [1.807, 2.05) is 19.3 Å². The second-order valence-corrected chi connectivity index (χ2v) is 6.45. The monoisotopic (exact) mass is 345 g/mol. The van der Waals surface area contributed by atoms with Gasteiger partial charge in [-0.1, -0.05) is 0 Å². The summed E-state index contributed by atoms with van der Waals surface area (Å²) in [5.41, 5.74) is 0.619. The molecule has 2 aliphatic heterocycles. The summed E-state index contributed by atoms with van der Waals surface area (Å²) in [6.07, 6.45) is 4.38. The minimum absolute atomic E-state index is 0.0476. The van der Waals surface area contributed by atoms with E-state index in [-0.39, 0.29) is 23.9 Å². The molecule has 6 nitrogen and oxygen atoms in total. The zero-order chi connectivity index (χ0) is 17.4. The third-order valence-electron chi connectivity index (χ3n) is 4.89. The summed E-state index contributed by atoms with van der Waals surface area (Å²) in [6, 6.07) is 6.40. The van der Waals surface area contributed by atoms with Gasteiger partial charge >= 0.3 is 0 Å². The van der Waals surface area contributed by atoms with Crippen LogP contribution in [0.2, 0.25) is 0 Å². The van der Waals surface area contributed by atoms with Crippen LogP contribution in [0.3, 0.4) is 0 Å². The largest absolute Gasteiger partial charge is 0.468 e. The van der Waals surface area contributed by atoms with E-state index in [2.05, 4.69) is 4.98 Å². The predicted molar refractivity (Wildman–Crippen MR) is 87.8 cm³/mol. The Bertz CT molecular complexity index is 778. The molecular formula is C18H20FN3O3. The highest BCUT2D eigenvalue weighted by molar-refractivity contribution is 5.93. The Balaban J connectivity index is 1.59. The topological polar surface area (TPSA) is 56.6 Å². The minimum Gasteiger partial charge on any atom is -0.468 e. The van der Waals surface area contributed by atoms with Crippen molar-refractivity contribution >= 4 is 5.91 Å². The van der Waals surface area contributed by atoms with Gasteiger partial charge in [0.05, 0.1) is 12.6 Å². The van der Waals surface area contributed by atoms with Gasteiger partial charge in [-0.15, -0.1) is 0 Å². The highest BCUT2D eigenvalue weighted by Crippen LogP contribution is 2.32. The first-order valence-corrected chi connectivity index (χ1v) is 8.46. The molecule has 2 fully saturated rings. The Morgan fingerprint density at radius 1 is 1.40 bits per heavy atom. The van der Waals surface area contributed by atoms with E-state index >= 15 is 0 Å². The first kappa shape index (κ1) is 16.1. The molecule has 0 radical (unpaired) electrons. The van der Waals surface area contributed by atoms with Crippen LogP contribution in [0.4, 0.5) is 4.39 Å². The maximum Gasteiger partial charge on any atom is 0.270 e. The lowest BCUT2D eigenvalue weighted by atomic mass is 10.0. The van der Waals surface area contributed by atoms with Crippen LogP contribution >= 0.6 is 0 Å². The number of aromatic nitrogens is 2. The van der Waals surface area contributed by atoms with E-state index in [0.717, 1.165) is 12.8 Å². The van der Waals surface area contributed by atoms with Crippen LogP contribution in [0.25, 0.3) is 0 Å². The quantitative estimate of drug-likeness (QED) is 0.854. The first-order valence-electron chi connectivity index (χ1n) is 8.46. The predicted octanol–water partition coefficient (Wildman–Crippen LogP) is 2.01. The molecule has 132 valence electrons. The Hall–Kier alpha value is -2.41. The standard InChI is InChI=1S/C18H20FN3O3/c1-21-9-3-6-14(21)18(23)22-11-15(16-13(22)7-4-10-24-16)25-17-12(19)5-2-8-20-17/h2-3,5-6,8-9,13,15-16H,4,7,10-11H2,1H3/t13-,15+,16+/m1/s1. The van der Waals surface area contributed by atoms with E-state index < -0.39 is 11.9 Å². The number of ether oxygens (including phenoxy) is 2. The van der Waals surface area contributed by atoms with Crippen LogP contribution in [0.15, 0.2) is 36.7 Å². The van der Waals surface area contributed by atoms with Gasteiger partial charge in [0.1, 0.15) is 17.9 Å². The molecule has 7 heteroatoms. The fraction of sp³-hybridized carbons (Fsp3) is 0.444. The van der Waals surface area contributed by atoms with Gasteiger partial charge in [0.15, 0.2) is 5.82 Å². The summed E-state index contributed by atoms with van der Waals surface area (Å²) < 4.78 is 27.4. The normalized spacial score (nSPS) is 25.7. The molecule has 2 aliphatic rings. The molecule has 2 saturated heterocycles. The number of carbonyl (C=O) groups is 1. The van der Waals surface area contributed by atoms with Gasteiger partial charge in [-0.25, -0.2) is 9.37 Å².